The number of hydrogen-bond acceptors (Lipinski definition) is 3. The van der Waals surface area contributed by atoms with Crippen LogP contribution >= 0.6 is 0 Å². The van der Waals surface area contributed by atoms with E-state index >= 15 is 0 Å². The van der Waals surface area contributed by atoms with E-state index in [0.717, 1.165) is 29.0 Å². The van der Waals surface area contributed by atoms with Crippen molar-refractivity contribution in [3.8, 4) is 5.69 Å². The molecule has 0 radical (unpaired) electrons. The molecule has 4 nitrogen and oxygen atoms in total. The Morgan fingerprint density at radius 2 is 1.83 bits per heavy atom. The minimum Gasteiger partial charge on any atom is -0.381 e. The molecule has 24 heavy (non-hydrogen) atoms. The van der Waals surface area contributed by atoms with Gasteiger partial charge >= 0.3 is 0 Å². The molecule has 4 rings (SSSR count). The number of aryl methyl sites for hydroxylation is 1. The minimum absolute atomic E-state index is 0.770. The van der Waals surface area contributed by atoms with Crippen LogP contribution < -0.4 is 5.32 Å². The van der Waals surface area contributed by atoms with E-state index in [0.29, 0.717) is 0 Å². The molecule has 4 heteroatoms. The van der Waals surface area contributed by atoms with Crippen LogP contribution in [-0.4, -0.2) is 14.5 Å². The van der Waals surface area contributed by atoms with E-state index < -0.39 is 0 Å². The summed E-state index contributed by atoms with van der Waals surface area (Å²) >= 11 is 0. The maximum atomic E-state index is 4.56. The molecule has 0 bridgehead atoms. The first-order valence-corrected chi connectivity index (χ1v) is 7.97. The number of anilines is 1. The fraction of sp³-hybridized carbons (Fsp3) is 0.100. The fourth-order valence-corrected chi connectivity index (χ4v) is 2.85. The van der Waals surface area contributed by atoms with Crippen molar-refractivity contribution in [1.29, 1.82) is 0 Å². The van der Waals surface area contributed by atoms with Crippen LogP contribution in [0.15, 0.2) is 73.3 Å². The molecular formula is C20H18N4. The number of rotatable bonds is 4. The number of hydrogen-bond donors (Lipinski definition) is 1. The maximum absolute atomic E-state index is 4.56. The number of pyridine rings is 1. The first kappa shape index (κ1) is 14.5. The number of benzene rings is 2. The highest BCUT2D eigenvalue weighted by molar-refractivity contribution is 5.81. The van der Waals surface area contributed by atoms with Crippen LogP contribution in [0.25, 0.3) is 16.7 Å². The Balaban J connectivity index is 1.62. The van der Waals surface area contributed by atoms with Gasteiger partial charge in [0.15, 0.2) is 0 Å². The quantitative estimate of drug-likeness (QED) is 0.609. The van der Waals surface area contributed by atoms with Crippen molar-refractivity contribution in [2.24, 2.45) is 0 Å². The predicted octanol–water partition coefficient (Wildman–Crippen LogP) is 4.34. The van der Waals surface area contributed by atoms with Gasteiger partial charge in [-0.3, -0.25) is 9.55 Å². The summed E-state index contributed by atoms with van der Waals surface area (Å²) in [5.41, 5.74) is 6.76. The molecule has 0 aliphatic rings. The van der Waals surface area contributed by atoms with Crippen LogP contribution in [0.4, 0.5) is 5.69 Å². The van der Waals surface area contributed by atoms with Crippen LogP contribution in [0.1, 0.15) is 11.1 Å². The monoisotopic (exact) mass is 314 g/mol. The number of aromatic nitrogens is 3. The SMILES string of the molecule is Cc1ccccc1-n1cnc2cc(NCc3ccncc3)ccc21. The normalized spacial score (nSPS) is 10.9. The lowest BCUT2D eigenvalue weighted by atomic mass is 10.2. The van der Waals surface area contributed by atoms with E-state index in [1.54, 1.807) is 0 Å². The second-order valence-electron chi connectivity index (χ2n) is 5.81. The van der Waals surface area contributed by atoms with Gasteiger partial charge in [0.25, 0.3) is 0 Å². The van der Waals surface area contributed by atoms with Crippen LogP contribution in [0.3, 0.4) is 0 Å². The molecule has 2 heterocycles. The Bertz CT molecular complexity index is 973. The minimum atomic E-state index is 0.770. The molecular weight excluding hydrogens is 296 g/mol. The summed E-state index contributed by atoms with van der Waals surface area (Å²) in [5.74, 6) is 0. The number of para-hydroxylation sites is 1. The number of nitrogens with one attached hydrogen (secondary N) is 1. The third kappa shape index (κ3) is 2.74. The third-order valence-corrected chi connectivity index (χ3v) is 4.17. The Labute approximate surface area is 140 Å². The summed E-state index contributed by atoms with van der Waals surface area (Å²) in [6.45, 7) is 2.89. The van der Waals surface area contributed by atoms with E-state index in [-0.39, 0.29) is 0 Å². The van der Waals surface area contributed by atoms with E-state index in [2.05, 4.69) is 69.2 Å². The Morgan fingerprint density at radius 1 is 1.00 bits per heavy atom. The summed E-state index contributed by atoms with van der Waals surface area (Å²) in [5, 5.41) is 3.44. The summed E-state index contributed by atoms with van der Waals surface area (Å²) in [6.07, 6.45) is 5.51. The molecule has 0 atom stereocenters. The molecule has 4 aromatic rings. The van der Waals surface area contributed by atoms with Crippen molar-refractivity contribution in [3.05, 3.63) is 84.4 Å². The van der Waals surface area contributed by atoms with Crippen molar-refractivity contribution in [2.75, 3.05) is 5.32 Å². The Kier molecular flexibility index (Phi) is 3.71. The van der Waals surface area contributed by atoms with Crippen LogP contribution in [0, 0.1) is 6.92 Å². The molecule has 0 aliphatic carbocycles. The fourth-order valence-electron chi connectivity index (χ4n) is 2.85. The molecule has 0 amide bonds. The highest BCUT2D eigenvalue weighted by Gasteiger charge is 2.07. The summed E-state index contributed by atoms with van der Waals surface area (Å²) < 4.78 is 2.14. The molecule has 118 valence electrons. The molecule has 0 saturated carbocycles. The average molecular weight is 314 g/mol. The first-order chi connectivity index (χ1) is 11.8. The van der Waals surface area contributed by atoms with Crippen LogP contribution in [0.5, 0.6) is 0 Å². The molecule has 0 spiro atoms. The van der Waals surface area contributed by atoms with Crippen LogP contribution in [0.2, 0.25) is 0 Å². The lowest BCUT2D eigenvalue weighted by Crippen LogP contribution is -1.99. The van der Waals surface area contributed by atoms with Crippen LogP contribution in [-0.2, 0) is 6.54 Å². The second kappa shape index (κ2) is 6.16. The Hall–Kier alpha value is -3.14. The van der Waals surface area contributed by atoms with Gasteiger partial charge in [0, 0.05) is 24.6 Å². The summed E-state index contributed by atoms with van der Waals surface area (Å²) in [6, 6.07) is 18.7. The van der Waals surface area contributed by atoms with Gasteiger partial charge in [-0.05, 0) is 54.4 Å². The third-order valence-electron chi connectivity index (χ3n) is 4.17. The van der Waals surface area contributed by atoms with Crippen molar-refractivity contribution >= 4 is 16.7 Å². The van der Waals surface area contributed by atoms with Gasteiger partial charge in [-0.25, -0.2) is 4.98 Å². The first-order valence-electron chi connectivity index (χ1n) is 7.97. The molecule has 0 aliphatic heterocycles. The highest BCUT2D eigenvalue weighted by atomic mass is 15.1. The van der Waals surface area contributed by atoms with Gasteiger partial charge in [0.05, 0.1) is 16.7 Å². The predicted molar refractivity (Wildman–Crippen MR) is 97.4 cm³/mol. The van der Waals surface area contributed by atoms with Gasteiger partial charge in [-0.2, -0.15) is 0 Å². The van der Waals surface area contributed by atoms with Crippen molar-refractivity contribution in [2.45, 2.75) is 13.5 Å². The smallest absolute Gasteiger partial charge is 0.100 e. The van der Waals surface area contributed by atoms with E-state index in [1.165, 1.54) is 11.1 Å². The van der Waals surface area contributed by atoms with Gasteiger partial charge < -0.3 is 5.32 Å². The molecule has 2 aromatic heterocycles. The van der Waals surface area contributed by atoms with Gasteiger partial charge in [0.1, 0.15) is 6.33 Å². The molecule has 2 aromatic carbocycles. The van der Waals surface area contributed by atoms with Crippen molar-refractivity contribution < 1.29 is 0 Å². The zero-order valence-electron chi connectivity index (χ0n) is 13.5. The summed E-state index contributed by atoms with van der Waals surface area (Å²) in [7, 11) is 0. The lowest BCUT2D eigenvalue weighted by molar-refractivity contribution is 1.07. The zero-order valence-corrected chi connectivity index (χ0v) is 13.5. The molecule has 1 N–H and O–H groups in total. The lowest BCUT2D eigenvalue weighted by Gasteiger charge is -2.09. The standard InChI is InChI=1S/C20H18N4/c1-15-4-2-3-5-19(15)24-14-23-18-12-17(6-7-20(18)24)22-13-16-8-10-21-11-9-16/h2-12,14,22H,13H2,1H3. The van der Waals surface area contributed by atoms with Gasteiger partial charge in [-0.1, -0.05) is 18.2 Å². The maximum Gasteiger partial charge on any atom is 0.100 e. The topological polar surface area (TPSA) is 42.7 Å². The number of nitrogens with zero attached hydrogens (tertiary/aromatic N) is 3. The number of fused-ring (bicyclic) bond motifs is 1. The van der Waals surface area contributed by atoms with Gasteiger partial charge in [-0.15, -0.1) is 0 Å². The zero-order chi connectivity index (χ0) is 16.4. The average Bonchev–Trinajstić information content (AvgIpc) is 3.04. The molecule has 0 fully saturated rings. The van der Waals surface area contributed by atoms with Gasteiger partial charge in [0.2, 0.25) is 0 Å². The van der Waals surface area contributed by atoms with Crippen molar-refractivity contribution in [3.63, 3.8) is 0 Å². The van der Waals surface area contributed by atoms with E-state index in [9.17, 15) is 0 Å². The summed E-state index contributed by atoms with van der Waals surface area (Å²) in [4.78, 5) is 8.60. The van der Waals surface area contributed by atoms with Crippen molar-refractivity contribution in [1.82, 2.24) is 14.5 Å². The Morgan fingerprint density at radius 3 is 2.67 bits per heavy atom. The van der Waals surface area contributed by atoms with E-state index in [4.69, 9.17) is 0 Å². The molecule has 0 saturated heterocycles. The highest BCUT2D eigenvalue weighted by Crippen LogP contribution is 2.23. The number of imidazole rings is 1. The molecule has 0 unspecified atom stereocenters. The largest absolute Gasteiger partial charge is 0.381 e. The second-order valence-corrected chi connectivity index (χ2v) is 5.81. The van der Waals surface area contributed by atoms with E-state index in [1.807, 2.05) is 30.9 Å².